The Morgan fingerprint density at radius 2 is 1.37 bits per heavy atom. The van der Waals surface area contributed by atoms with E-state index in [0.29, 0.717) is 64.7 Å². The molecule has 20 heteroatoms. The summed E-state index contributed by atoms with van der Waals surface area (Å²) in [6, 6.07) is 18.0. The summed E-state index contributed by atoms with van der Waals surface area (Å²) >= 11 is 3.54. The van der Waals surface area contributed by atoms with Gasteiger partial charge >= 0.3 is 5.97 Å². The molecule has 2 aliphatic rings. The monoisotopic (exact) mass is 1030 g/mol. The number of hydrogen-bond acceptors (Lipinski definition) is 13. The molecule has 0 saturated heterocycles. The molecule has 0 saturated carbocycles. The van der Waals surface area contributed by atoms with Gasteiger partial charge in [-0.1, -0.05) is 36.4 Å². The first kappa shape index (κ1) is 49.6. The maximum atomic E-state index is 13.6. The number of anilines is 1. The van der Waals surface area contributed by atoms with E-state index in [4.69, 9.17) is 4.74 Å². The van der Waals surface area contributed by atoms with E-state index >= 15 is 0 Å². The minimum atomic E-state index is -0.991. The molecular weight excluding hydrogens is 988 g/mol. The van der Waals surface area contributed by atoms with E-state index in [-0.39, 0.29) is 66.5 Å². The molecule has 366 valence electrons. The third kappa shape index (κ3) is 9.85. The van der Waals surface area contributed by atoms with E-state index in [1.807, 2.05) is 0 Å². The van der Waals surface area contributed by atoms with Crippen LogP contribution in [-0.4, -0.2) is 95.4 Å². The number of hydrogen-bond donors (Lipinski definition) is 5. The van der Waals surface area contributed by atoms with Crippen molar-refractivity contribution in [2.75, 3.05) is 31.6 Å². The number of nitrogens with zero attached hydrogens (tertiary/aromatic N) is 5. The van der Waals surface area contributed by atoms with Crippen molar-refractivity contribution in [1.29, 1.82) is 0 Å². The molecule has 0 aliphatic carbocycles. The third-order valence-electron chi connectivity index (χ3n) is 12.1. The number of amides is 3. The lowest BCUT2D eigenvalue weighted by Crippen LogP contribution is -2.39. The number of aliphatic hydroxyl groups excluding tert-OH is 1. The zero-order valence-corrected chi connectivity index (χ0v) is 39.9. The predicted molar refractivity (Wildman–Crippen MR) is 261 cm³/mol. The second kappa shape index (κ2) is 21.0. The fourth-order valence-corrected chi connectivity index (χ4v) is 9.21. The molecule has 0 unspecified atom stereocenters. The average Bonchev–Trinajstić information content (AvgIpc) is 3.46. The fourth-order valence-electron chi connectivity index (χ4n) is 8.56. The minimum Gasteiger partial charge on any atom is -0.505 e. The number of carbonyl (C=O) groups excluding carboxylic acids is 4. The van der Waals surface area contributed by atoms with Crippen molar-refractivity contribution < 1.29 is 48.0 Å². The molecule has 2 aliphatic heterocycles. The summed E-state index contributed by atoms with van der Waals surface area (Å²) in [6.45, 7) is 3.83. The first-order chi connectivity index (χ1) is 34.1. The van der Waals surface area contributed by atoms with Gasteiger partial charge in [0.25, 0.3) is 28.8 Å². The van der Waals surface area contributed by atoms with Gasteiger partial charge < -0.3 is 39.8 Å². The highest BCUT2D eigenvalue weighted by atomic mass is 79.9. The molecule has 71 heavy (non-hydrogen) atoms. The van der Waals surface area contributed by atoms with Crippen LogP contribution in [0.4, 0.5) is 14.5 Å². The molecule has 5 N–H and O–H groups in total. The quantitative estimate of drug-likeness (QED) is 0.0639. The smallest absolute Gasteiger partial charge is 0.347 e. The van der Waals surface area contributed by atoms with Gasteiger partial charge in [-0.15, -0.1) is 0 Å². The van der Waals surface area contributed by atoms with Gasteiger partial charge in [-0.3, -0.25) is 38.8 Å². The number of benzene rings is 3. The number of aryl methyl sites for hydroxylation is 2. The van der Waals surface area contributed by atoms with E-state index < -0.39 is 57.9 Å². The number of aromatic nitrogens is 4. The van der Waals surface area contributed by atoms with E-state index in [0.717, 1.165) is 21.6 Å². The minimum absolute atomic E-state index is 0.00175. The van der Waals surface area contributed by atoms with Gasteiger partial charge in [0.2, 0.25) is 0 Å². The highest BCUT2D eigenvalue weighted by molar-refractivity contribution is 9.10. The topological polar surface area (TPSA) is 235 Å². The Hall–Kier alpha value is -7.84. The van der Waals surface area contributed by atoms with Crippen LogP contribution in [0.1, 0.15) is 90.4 Å². The van der Waals surface area contributed by atoms with Crippen molar-refractivity contribution in [3.8, 4) is 11.5 Å². The van der Waals surface area contributed by atoms with E-state index in [2.05, 4.69) is 36.5 Å². The van der Waals surface area contributed by atoms with Crippen molar-refractivity contribution in [1.82, 2.24) is 29.3 Å². The first-order valence-electron chi connectivity index (χ1n) is 22.6. The van der Waals surface area contributed by atoms with Crippen molar-refractivity contribution in [2.24, 2.45) is 0 Å². The highest BCUT2D eigenvalue weighted by Crippen LogP contribution is 2.36. The molecule has 0 spiro atoms. The molecule has 0 fully saturated rings. The number of halogens is 3. The van der Waals surface area contributed by atoms with Crippen LogP contribution in [0.5, 0.6) is 11.5 Å². The average molecular weight is 1030 g/mol. The number of esters is 1. The molecule has 9 rings (SSSR count). The molecule has 1 atom stereocenters. The second-order valence-electron chi connectivity index (χ2n) is 16.8. The lowest BCUT2D eigenvalue weighted by molar-refractivity contribution is 0.0519. The summed E-state index contributed by atoms with van der Waals surface area (Å²) in [5.41, 5.74) is 2.86. The summed E-state index contributed by atoms with van der Waals surface area (Å²) < 4.78 is 34.8. The number of pyridine rings is 4. The SMILES string of the molecule is CCOC(=O)c1c(O)c2ncc(Cc3ccc(F)cc3)c(Br)c2n(CCCN2C(=O)c3ccccc3C2=O)c1=O.C[C@@H](CO)NC(=O)c1c(O)c2ncc(Cc3ccc(F)cc3)c3c2n(c1=O)CCCN3. The summed E-state index contributed by atoms with van der Waals surface area (Å²) in [5.74, 6) is -4.37. The Kier molecular flexibility index (Phi) is 14.7. The Morgan fingerprint density at radius 3 is 1.96 bits per heavy atom. The molecule has 0 radical (unpaired) electrons. The van der Waals surface area contributed by atoms with Gasteiger partial charge in [-0.2, -0.15) is 0 Å². The van der Waals surface area contributed by atoms with Crippen LogP contribution in [0.2, 0.25) is 0 Å². The van der Waals surface area contributed by atoms with Gasteiger partial charge in [0.15, 0.2) is 17.1 Å². The predicted octanol–water partition coefficient (Wildman–Crippen LogP) is 6.22. The van der Waals surface area contributed by atoms with Crippen LogP contribution >= 0.6 is 15.9 Å². The normalized spacial score (nSPS) is 13.3. The van der Waals surface area contributed by atoms with Crippen LogP contribution in [0, 0.1) is 11.6 Å². The van der Waals surface area contributed by atoms with Crippen molar-refractivity contribution >= 4 is 67.4 Å². The molecule has 7 aromatic rings. The van der Waals surface area contributed by atoms with Crippen LogP contribution in [0.25, 0.3) is 22.1 Å². The molecule has 3 amide bonds. The summed E-state index contributed by atoms with van der Waals surface area (Å²) in [7, 11) is 0. The molecule has 4 aromatic heterocycles. The fraction of sp³-hybridized carbons (Fsp3) is 0.255. The maximum absolute atomic E-state index is 13.6. The molecule has 0 bridgehead atoms. The van der Waals surface area contributed by atoms with Gasteiger partial charge in [0, 0.05) is 67.5 Å². The van der Waals surface area contributed by atoms with Crippen LogP contribution < -0.4 is 21.8 Å². The lowest BCUT2D eigenvalue weighted by atomic mass is 10.0. The van der Waals surface area contributed by atoms with E-state index in [1.165, 1.54) is 39.6 Å². The Labute approximate surface area is 411 Å². The Bertz CT molecular complexity index is 3350. The number of carbonyl (C=O) groups is 4. The van der Waals surface area contributed by atoms with Gasteiger partial charge in [-0.25, -0.2) is 13.6 Å². The molecule has 6 heterocycles. The number of nitrogens with one attached hydrogen (secondary N) is 2. The number of fused-ring (bicyclic) bond motifs is 2. The van der Waals surface area contributed by atoms with Crippen LogP contribution in [-0.2, 0) is 30.7 Å². The van der Waals surface area contributed by atoms with Gasteiger partial charge in [0.05, 0.1) is 41.1 Å². The van der Waals surface area contributed by atoms with Crippen molar-refractivity contribution in [3.05, 3.63) is 167 Å². The van der Waals surface area contributed by atoms with Crippen LogP contribution in [0.15, 0.2) is 99.3 Å². The zero-order valence-electron chi connectivity index (χ0n) is 38.3. The first-order valence-corrected chi connectivity index (χ1v) is 23.4. The number of aromatic hydroxyl groups is 2. The van der Waals surface area contributed by atoms with Gasteiger partial charge in [0.1, 0.15) is 28.2 Å². The molecule has 17 nitrogen and oxygen atoms in total. The van der Waals surface area contributed by atoms with E-state index in [9.17, 15) is 52.9 Å². The number of aliphatic hydroxyl groups is 1. The second-order valence-corrected chi connectivity index (χ2v) is 17.6. The number of rotatable bonds is 13. The van der Waals surface area contributed by atoms with Crippen LogP contribution in [0.3, 0.4) is 0 Å². The van der Waals surface area contributed by atoms with Crippen molar-refractivity contribution in [3.63, 3.8) is 0 Å². The summed E-state index contributed by atoms with van der Waals surface area (Å²) in [4.78, 5) is 87.4. The Morgan fingerprint density at radius 1 is 0.803 bits per heavy atom. The van der Waals surface area contributed by atoms with E-state index in [1.54, 1.807) is 68.6 Å². The number of imide groups is 1. The summed E-state index contributed by atoms with van der Waals surface area (Å²) in [6.07, 6.45) is 4.70. The van der Waals surface area contributed by atoms with Gasteiger partial charge in [-0.05, 0) is 95.7 Å². The standard InChI is InChI=1S/C29H23BrFN3O6.C22H23FN4O4/c1-2-40-29(39)21-25(35)23-24(22(30)17(15-32-23)14-16-8-10-18(31)11-9-16)33(28(21)38)12-5-13-34-26(36)19-6-3-4-7-20(19)27(34)37;1-12(11-28)26-21(30)16-20(29)18-19-17(24-7-2-8-27(19)22(16)31)14(10-25-18)9-13-3-5-15(23)6-4-13/h3-4,6-11,15,35H,2,5,12-14H2,1H3;3-6,10,12,24,28-29H,2,7-9,11H2,1H3,(H,26,30)/t;12-/m.0/s1. The molecular formula is C51H46BrF2N7O10. The van der Waals surface area contributed by atoms with Crippen molar-refractivity contribution in [2.45, 2.75) is 58.7 Å². The number of ether oxygens (including phenoxy) is 1. The largest absolute Gasteiger partial charge is 0.505 e. The molecule has 3 aromatic carbocycles. The lowest BCUT2D eigenvalue weighted by Gasteiger charge is -2.18. The highest BCUT2D eigenvalue weighted by Gasteiger charge is 2.35. The Balaban J connectivity index is 0.000000197. The zero-order chi connectivity index (χ0) is 50.7. The maximum Gasteiger partial charge on any atom is 0.347 e. The summed E-state index contributed by atoms with van der Waals surface area (Å²) in [5, 5.41) is 36.7. The third-order valence-corrected chi connectivity index (χ3v) is 12.9.